The maximum atomic E-state index is 9.52. The largest absolute Gasteiger partial charge is 0.396 e. The lowest BCUT2D eigenvalue weighted by molar-refractivity contribution is 0.131. The number of aliphatic imine (C=N–C) groups is 1. The molecule has 1 aromatic rings. The Labute approximate surface area is 186 Å². The number of halogens is 1. The predicted octanol–water partition coefficient (Wildman–Crippen LogP) is 3.01. The minimum atomic E-state index is 0. The Morgan fingerprint density at radius 2 is 1.89 bits per heavy atom. The van der Waals surface area contributed by atoms with Crippen molar-refractivity contribution in [2.45, 2.75) is 84.2 Å². The van der Waals surface area contributed by atoms with E-state index in [-0.39, 0.29) is 36.0 Å². The first-order valence-corrected chi connectivity index (χ1v) is 10.8. The molecule has 2 heterocycles. The number of aryl methyl sites for hydroxylation is 1. The SMILES string of the molecule is CCNC(=NCc1nnc2n1CCCCC2)NCC1(CCO)CCCCC1.I. The highest BCUT2D eigenvalue weighted by Gasteiger charge is 2.31. The summed E-state index contributed by atoms with van der Waals surface area (Å²) in [4.78, 5) is 4.78. The Morgan fingerprint density at radius 3 is 2.64 bits per heavy atom. The smallest absolute Gasteiger partial charge is 0.191 e. The van der Waals surface area contributed by atoms with Crippen LogP contribution in [-0.2, 0) is 19.5 Å². The fourth-order valence-electron chi connectivity index (χ4n) is 4.48. The van der Waals surface area contributed by atoms with Gasteiger partial charge in [0.05, 0.1) is 0 Å². The Morgan fingerprint density at radius 1 is 1.11 bits per heavy atom. The lowest BCUT2D eigenvalue weighted by Gasteiger charge is -2.37. The van der Waals surface area contributed by atoms with Crippen LogP contribution in [0.1, 0.15) is 76.4 Å². The number of aliphatic hydroxyl groups excluding tert-OH is 1. The van der Waals surface area contributed by atoms with Gasteiger partial charge in [-0.05, 0) is 44.4 Å². The van der Waals surface area contributed by atoms with Crippen LogP contribution in [0.4, 0.5) is 0 Å². The molecule has 0 saturated heterocycles. The van der Waals surface area contributed by atoms with Crippen molar-refractivity contribution in [2.75, 3.05) is 19.7 Å². The number of aromatic nitrogens is 3. The van der Waals surface area contributed by atoms with E-state index >= 15 is 0 Å². The van der Waals surface area contributed by atoms with E-state index in [0.29, 0.717) is 6.54 Å². The molecule has 0 unspecified atom stereocenters. The third kappa shape index (κ3) is 6.30. The lowest BCUT2D eigenvalue weighted by Crippen LogP contribution is -2.45. The van der Waals surface area contributed by atoms with Crippen molar-refractivity contribution < 1.29 is 5.11 Å². The molecule has 1 aliphatic heterocycles. The molecule has 0 bridgehead atoms. The highest BCUT2D eigenvalue weighted by molar-refractivity contribution is 14.0. The number of nitrogens with one attached hydrogen (secondary N) is 2. The van der Waals surface area contributed by atoms with E-state index in [0.717, 1.165) is 50.1 Å². The van der Waals surface area contributed by atoms with Crippen LogP contribution in [0.3, 0.4) is 0 Å². The number of nitrogens with zero attached hydrogens (tertiary/aromatic N) is 4. The average Bonchev–Trinajstić information content (AvgIpc) is 2.91. The monoisotopic (exact) mass is 504 g/mol. The first-order chi connectivity index (χ1) is 13.3. The molecule has 28 heavy (non-hydrogen) atoms. The van der Waals surface area contributed by atoms with Crippen molar-refractivity contribution in [3.05, 3.63) is 11.6 Å². The maximum absolute atomic E-state index is 9.52. The molecule has 8 heteroatoms. The first kappa shape index (κ1) is 23.4. The van der Waals surface area contributed by atoms with E-state index in [9.17, 15) is 5.11 Å². The number of aliphatic hydroxyl groups is 1. The quantitative estimate of drug-likeness (QED) is 0.302. The van der Waals surface area contributed by atoms with E-state index in [4.69, 9.17) is 4.99 Å². The Hall–Kier alpha value is -0.900. The van der Waals surface area contributed by atoms with Gasteiger partial charge in [0, 0.05) is 32.7 Å². The van der Waals surface area contributed by atoms with Crippen LogP contribution in [0, 0.1) is 5.41 Å². The van der Waals surface area contributed by atoms with Crippen LogP contribution < -0.4 is 10.6 Å². The van der Waals surface area contributed by atoms with Crippen LogP contribution in [0.5, 0.6) is 0 Å². The average molecular weight is 504 g/mol. The molecule has 3 rings (SSSR count). The molecule has 0 atom stereocenters. The molecular weight excluding hydrogens is 467 g/mol. The second-order valence-corrected chi connectivity index (χ2v) is 8.08. The van der Waals surface area contributed by atoms with Gasteiger partial charge in [-0.1, -0.05) is 25.7 Å². The third-order valence-electron chi connectivity index (χ3n) is 6.10. The van der Waals surface area contributed by atoms with Gasteiger partial charge in [-0.2, -0.15) is 0 Å². The van der Waals surface area contributed by atoms with E-state index in [2.05, 4.69) is 32.3 Å². The van der Waals surface area contributed by atoms with Gasteiger partial charge in [0.2, 0.25) is 0 Å². The van der Waals surface area contributed by atoms with Gasteiger partial charge in [0.1, 0.15) is 12.4 Å². The Balaban J connectivity index is 0.00000280. The van der Waals surface area contributed by atoms with Crippen molar-refractivity contribution in [2.24, 2.45) is 10.4 Å². The van der Waals surface area contributed by atoms with Gasteiger partial charge in [-0.15, -0.1) is 34.2 Å². The van der Waals surface area contributed by atoms with E-state index in [1.165, 1.54) is 51.4 Å². The zero-order valence-corrected chi connectivity index (χ0v) is 19.6. The molecule has 0 aromatic carbocycles. The van der Waals surface area contributed by atoms with Crippen LogP contribution in [-0.4, -0.2) is 45.5 Å². The number of fused-ring (bicyclic) bond motifs is 1. The Kier molecular flexibility index (Phi) is 9.98. The number of guanidine groups is 1. The zero-order chi connectivity index (χ0) is 19.0. The fraction of sp³-hybridized carbons (Fsp3) is 0.850. The highest BCUT2D eigenvalue weighted by atomic mass is 127. The van der Waals surface area contributed by atoms with E-state index < -0.39 is 0 Å². The summed E-state index contributed by atoms with van der Waals surface area (Å²) in [5.74, 6) is 2.91. The van der Waals surface area contributed by atoms with Gasteiger partial charge < -0.3 is 20.3 Å². The number of hydrogen-bond acceptors (Lipinski definition) is 4. The predicted molar refractivity (Wildman–Crippen MR) is 123 cm³/mol. The number of rotatable bonds is 7. The van der Waals surface area contributed by atoms with Crippen molar-refractivity contribution >= 4 is 29.9 Å². The van der Waals surface area contributed by atoms with Crippen LogP contribution in [0.25, 0.3) is 0 Å². The molecule has 1 aliphatic carbocycles. The normalized spacial score (nSPS) is 19.3. The molecule has 0 radical (unpaired) electrons. The van der Waals surface area contributed by atoms with Crippen molar-refractivity contribution in [3.63, 3.8) is 0 Å². The van der Waals surface area contributed by atoms with Gasteiger partial charge in [-0.3, -0.25) is 0 Å². The summed E-state index contributed by atoms with van der Waals surface area (Å²) in [5.41, 5.74) is 0.204. The molecule has 1 saturated carbocycles. The molecule has 160 valence electrons. The summed E-state index contributed by atoms with van der Waals surface area (Å²) >= 11 is 0. The van der Waals surface area contributed by atoms with E-state index in [1.54, 1.807) is 0 Å². The van der Waals surface area contributed by atoms with Crippen LogP contribution in [0.2, 0.25) is 0 Å². The summed E-state index contributed by atoms with van der Waals surface area (Å²) in [5, 5.41) is 25.2. The van der Waals surface area contributed by atoms with Crippen molar-refractivity contribution in [1.82, 2.24) is 25.4 Å². The summed E-state index contributed by atoms with van der Waals surface area (Å²) in [7, 11) is 0. The maximum Gasteiger partial charge on any atom is 0.191 e. The summed E-state index contributed by atoms with van der Waals surface area (Å²) in [6.45, 7) is 5.62. The van der Waals surface area contributed by atoms with Gasteiger partial charge in [0.25, 0.3) is 0 Å². The van der Waals surface area contributed by atoms with Crippen LogP contribution >= 0.6 is 24.0 Å². The zero-order valence-electron chi connectivity index (χ0n) is 17.3. The molecule has 1 aromatic heterocycles. The first-order valence-electron chi connectivity index (χ1n) is 10.8. The minimum Gasteiger partial charge on any atom is -0.396 e. The minimum absolute atomic E-state index is 0. The van der Waals surface area contributed by atoms with Gasteiger partial charge in [0.15, 0.2) is 11.8 Å². The lowest BCUT2D eigenvalue weighted by atomic mass is 9.72. The topological polar surface area (TPSA) is 87.4 Å². The molecule has 0 amide bonds. The Bertz CT molecular complexity index is 606. The molecule has 7 nitrogen and oxygen atoms in total. The second kappa shape index (κ2) is 11.9. The van der Waals surface area contributed by atoms with Gasteiger partial charge >= 0.3 is 0 Å². The van der Waals surface area contributed by atoms with E-state index in [1.807, 2.05) is 0 Å². The van der Waals surface area contributed by atoms with Crippen LogP contribution in [0.15, 0.2) is 4.99 Å². The highest BCUT2D eigenvalue weighted by Crippen LogP contribution is 2.38. The summed E-state index contributed by atoms with van der Waals surface area (Å²) < 4.78 is 2.26. The summed E-state index contributed by atoms with van der Waals surface area (Å²) in [6.07, 6.45) is 11.8. The van der Waals surface area contributed by atoms with Crippen molar-refractivity contribution in [3.8, 4) is 0 Å². The van der Waals surface area contributed by atoms with Crippen molar-refractivity contribution in [1.29, 1.82) is 0 Å². The third-order valence-corrected chi connectivity index (χ3v) is 6.10. The molecule has 1 fully saturated rings. The molecule has 2 aliphatic rings. The summed E-state index contributed by atoms with van der Waals surface area (Å²) in [6, 6.07) is 0. The number of hydrogen-bond donors (Lipinski definition) is 3. The standard InChI is InChI=1S/C20H36N6O.HI/c1-2-21-19(23-16-20(12-14-27)10-6-4-7-11-20)22-15-18-25-24-17-9-5-3-8-13-26(17)18;/h27H,2-16H2,1H3,(H2,21,22,23);1H. The second-order valence-electron chi connectivity index (χ2n) is 8.08. The molecular formula is C20H37IN6O. The fourth-order valence-corrected chi connectivity index (χ4v) is 4.48. The molecule has 3 N–H and O–H groups in total. The molecule has 0 spiro atoms. The van der Waals surface area contributed by atoms with Gasteiger partial charge in [-0.25, -0.2) is 4.99 Å².